The molecule has 0 aliphatic carbocycles. The van der Waals surface area contributed by atoms with Gasteiger partial charge in [0.15, 0.2) is 5.16 Å². The summed E-state index contributed by atoms with van der Waals surface area (Å²) in [4.78, 5) is 33.9. The lowest BCUT2D eigenvalue weighted by Crippen LogP contribution is -2.32. The number of amides is 1. The maximum atomic E-state index is 12.9. The minimum atomic E-state index is -0.0188. The fourth-order valence-electron chi connectivity index (χ4n) is 3.01. The first-order chi connectivity index (χ1) is 13.0. The molecule has 7 heteroatoms. The number of thioether (sulfide) groups is 1. The number of rotatable bonds is 6. The van der Waals surface area contributed by atoms with Crippen molar-refractivity contribution in [2.24, 2.45) is 0 Å². The van der Waals surface area contributed by atoms with Gasteiger partial charge in [-0.15, -0.1) is 11.3 Å². The number of aryl methyl sites for hydroxylation is 2. The maximum absolute atomic E-state index is 12.9. The summed E-state index contributed by atoms with van der Waals surface area (Å²) in [5.41, 5.74) is 1.87. The lowest BCUT2D eigenvalue weighted by molar-refractivity contribution is -0.116. The van der Waals surface area contributed by atoms with Gasteiger partial charge in [-0.25, -0.2) is 4.98 Å². The third-order valence-electron chi connectivity index (χ3n) is 4.58. The predicted octanol–water partition coefficient (Wildman–Crippen LogP) is 4.24. The number of hydrogen-bond donors (Lipinski definition) is 0. The van der Waals surface area contributed by atoms with Gasteiger partial charge in [-0.3, -0.25) is 14.2 Å². The number of para-hydroxylation sites is 1. The summed E-state index contributed by atoms with van der Waals surface area (Å²) >= 11 is 2.86. The molecule has 0 unspecified atom stereocenters. The van der Waals surface area contributed by atoms with Gasteiger partial charge < -0.3 is 4.90 Å². The molecule has 0 atom stereocenters. The minimum Gasteiger partial charge on any atom is -0.312 e. The van der Waals surface area contributed by atoms with Gasteiger partial charge in [-0.05, 0) is 45.4 Å². The van der Waals surface area contributed by atoms with Crippen molar-refractivity contribution in [3.63, 3.8) is 0 Å². The molecule has 0 saturated carbocycles. The number of anilines is 1. The van der Waals surface area contributed by atoms with Crippen molar-refractivity contribution in [3.8, 4) is 0 Å². The number of hydrogen-bond acceptors (Lipinski definition) is 5. The Morgan fingerprint density at radius 3 is 2.56 bits per heavy atom. The van der Waals surface area contributed by atoms with Crippen molar-refractivity contribution >= 4 is 44.9 Å². The van der Waals surface area contributed by atoms with Crippen LogP contribution in [0.4, 0.5) is 5.69 Å². The van der Waals surface area contributed by atoms with Crippen LogP contribution in [0.5, 0.6) is 0 Å². The molecule has 3 rings (SSSR count). The molecular weight excluding hydrogens is 378 g/mol. The van der Waals surface area contributed by atoms with Crippen LogP contribution < -0.4 is 10.5 Å². The molecule has 142 valence electrons. The van der Waals surface area contributed by atoms with Crippen molar-refractivity contribution in [2.45, 2.75) is 39.4 Å². The standard InChI is InChI=1S/C20H23N3O2S2/c1-5-22(15-10-8-7-9-11-15)16(24)12-26-20-21-18-17(13(3)14(4)27-18)19(25)23(20)6-2/h7-11H,5-6,12H2,1-4H3. The monoisotopic (exact) mass is 401 g/mol. The third kappa shape index (κ3) is 3.80. The van der Waals surface area contributed by atoms with E-state index in [0.29, 0.717) is 23.6 Å². The van der Waals surface area contributed by atoms with Gasteiger partial charge in [0.05, 0.1) is 11.1 Å². The minimum absolute atomic E-state index is 0.00393. The molecule has 27 heavy (non-hydrogen) atoms. The number of thiophene rings is 1. The van der Waals surface area contributed by atoms with E-state index in [4.69, 9.17) is 4.98 Å². The van der Waals surface area contributed by atoms with Crippen LogP contribution in [-0.2, 0) is 11.3 Å². The zero-order valence-electron chi connectivity index (χ0n) is 16.0. The normalized spacial score (nSPS) is 11.1. The van der Waals surface area contributed by atoms with Gasteiger partial charge in [0.2, 0.25) is 5.91 Å². The Kier molecular flexibility index (Phi) is 6.01. The second-order valence-electron chi connectivity index (χ2n) is 6.17. The Balaban J connectivity index is 1.88. The highest BCUT2D eigenvalue weighted by Crippen LogP contribution is 2.28. The van der Waals surface area contributed by atoms with Crippen molar-refractivity contribution in [1.82, 2.24) is 9.55 Å². The molecule has 0 aliphatic rings. The van der Waals surface area contributed by atoms with Crippen LogP contribution >= 0.6 is 23.1 Å². The first-order valence-corrected chi connectivity index (χ1v) is 10.8. The Bertz CT molecular complexity index is 1030. The Hall–Kier alpha value is -2.12. The molecule has 0 aliphatic heterocycles. The lowest BCUT2D eigenvalue weighted by atomic mass is 10.2. The molecule has 2 aromatic heterocycles. The van der Waals surface area contributed by atoms with Gasteiger partial charge in [0.25, 0.3) is 5.56 Å². The average Bonchev–Trinajstić information content (AvgIpc) is 2.95. The van der Waals surface area contributed by atoms with Gasteiger partial charge in [-0.2, -0.15) is 0 Å². The highest BCUT2D eigenvalue weighted by Gasteiger charge is 2.19. The molecule has 0 radical (unpaired) electrons. The van der Waals surface area contributed by atoms with Crippen LogP contribution in [0.3, 0.4) is 0 Å². The van der Waals surface area contributed by atoms with Crippen molar-refractivity contribution < 1.29 is 4.79 Å². The van der Waals surface area contributed by atoms with Crippen molar-refractivity contribution in [3.05, 3.63) is 51.1 Å². The molecule has 2 heterocycles. The molecule has 0 bridgehead atoms. The zero-order chi connectivity index (χ0) is 19.6. The molecule has 0 N–H and O–H groups in total. The summed E-state index contributed by atoms with van der Waals surface area (Å²) < 4.78 is 1.66. The van der Waals surface area contributed by atoms with E-state index in [0.717, 1.165) is 21.0 Å². The van der Waals surface area contributed by atoms with Crippen LogP contribution in [0.15, 0.2) is 40.3 Å². The smallest absolute Gasteiger partial charge is 0.263 e. The zero-order valence-corrected chi connectivity index (χ0v) is 17.6. The maximum Gasteiger partial charge on any atom is 0.263 e. The third-order valence-corrected chi connectivity index (χ3v) is 6.64. The molecule has 3 aromatic rings. The fraction of sp³-hybridized carbons (Fsp3) is 0.350. The lowest BCUT2D eigenvalue weighted by Gasteiger charge is -2.21. The number of carbonyl (C=O) groups is 1. The quantitative estimate of drug-likeness (QED) is 0.458. The van der Waals surface area contributed by atoms with Crippen LogP contribution in [0.1, 0.15) is 24.3 Å². The van der Waals surface area contributed by atoms with Gasteiger partial charge in [0, 0.05) is 23.7 Å². The largest absolute Gasteiger partial charge is 0.312 e. The van der Waals surface area contributed by atoms with Crippen molar-refractivity contribution in [2.75, 3.05) is 17.2 Å². The summed E-state index contributed by atoms with van der Waals surface area (Å²) in [5.74, 6) is 0.244. The molecule has 1 aromatic carbocycles. The van der Waals surface area contributed by atoms with E-state index in [9.17, 15) is 9.59 Å². The summed E-state index contributed by atoms with van der Waals surface area (Å²) in [7, 11) is 0. The summed E-state index contributed by atoms with van der Waals surface area (Å²) in [5, 5.41) is 1.31. The average molecular weight is 402 g/mol. The number of aromatic nitrogens is 2. The molecule has 5 nitrogen and oxygen atoms in total. The Morgan fingerprint density at radius 1 is 1.22 bits per heavy atom. The molecular formula is C20H23N3O2S2. The van der Waals surface area contributed by atoms with Crippen LogP contribution in [0.2, 0.25) is 0 Å². The van der Waals surface area contributed by atoms with Crippen LogP contribution in [0.25, 0.3) is 10.2 Å². The van der Waals surface area contributed by atoms with Crippen LogP contribution in [0, 0.1) is 13.8 Å². The summed E-state index contributed by atoms with van der Waals surface area (Å²) in [6.07, 6.45) is 0. The number of nitrogens with zero attached hydrogens (tertiary/aromatic N) is 3. The van der Waals surface area contributed by atoms with E-state index >= 15 is 0 Å². The number of fused-ring (bicyclic) bond motifs is 1. The van der Waals surface area contributed by atoms with Crippen LogP contribution in [-0.4, -0.2) is 27.8 Å². The van der Waals surface area contributed by atoms with E-state index in [1.807, 2.05) is 58.0 Å². The second-order valence-corrected chi connectivity index (χ2v) is 8.32. The highest BCUT2D eigenvalue weighted by atomic mass is 32.2. The topological polar surface area (TPSA) is 55.2 Å². The highest BCUT2D eigenvalue weighted by molar-refractivity contribution is 7.99. The number of benzene rings is 1. The number of carbonyl (C=O) groups excluding carboxylic acids is 1. The first kappa shape index (κ1) is 19.6. The fourth-order valence-corrected chi connectivity index (χ4v) is 5.02. The van der Waals surface area contributed by atoms with Crippen molar-refractivity contribution in [1.29, 1.82) is 0 Å². The van der Waals surface area contributed by atoms with E-state index in [2.05, 4.69) is 0 Å². The summed E-state index contributed by atoms with van der Waals surface area (Å²) in [6.45, 7) is 8.98. The molecule has 0 saturated heterocycles. The molecule has 0 spiro atoms. The van der Waals surface area contributed by atoms with E-state index < -0.39 is 0 Å². The van der Waals surface area contributed by atoms with E-state index in [1.165, 1.54) is 23.1 Å². The van der Waals surface area contributed by atoms with Gasteiger partial charge in [0.1, 0.15) is 4.83 Å². The first-order valence-electron chi connectivity index (χ1n) is 8.96. The summed E-state index contributed by atoms with van der Waals surface area (Å²) in [6, 6.07) is 9.62. The Labute approximate surface area is 167 Å². The SMILES string of the molecule is CCN(C(=O)CSc1nc2sc(C)c(C)c2c(=O)n1CC)c1ccccc1. The Morgan fingerprint density at radius 2 is 1.93 bits per heavy atom. The predicted molar refractivity (Wildman–Crippen MR) is 114 cm³/mol. The van der Waals surface area contributed by atoms with E-state index in [-0.39, 0.29) is 17.2 Å². The molecule has 1 amide bonds. The molecule has 0 fully saturated rings. The second kappa shape index (κ2) is 8.27. The van der Waals surface area contributed by atoms with Gasteiger partial charge >= 0.3 is 0 Å². The van der Waals surface area contributed by atoms with E-state index in [1.54, 1.807) is 9.47 Å². The van der Waals surface area contributed by atoms with Gasteiger partial charge in [-0.1, -0.05) is 30.0 Å².